The lowest BCUT2D eigenvalue weighted by Gasteiger charge is -2.18. The van der Waals surface area contributed by atoms with Crippen molar-refractivity contribution in [2.24, 2.45) is 0 Å². The molecule has 0 spiro atoms. The van der Waals surface area contributed by atoms with Crippen molar-refractivity contribution < 1.29 is 4.74 Å². The van der Waals surface area contributed by atoms with E-state index in [0.717, 1.165) is 43.2 Å². The second kappa shape index (κ2) is 5.55. The molecule has 1 atom stereocenters. The zero-order valence-corrected chi connectivity index (χ0v) is 10.4. The first-order chi connectivity index (χ1) is 7.81. The number of rotatable bonds is 3. The van der Waals surface area contributed by atoms with Crippen molar-refractivity contribution in [3.05, 3.63) is 28.8 Å². The molecule has 16 heavy (non-hydrogen) atoms. The molecule has 1 aliphatic rings. The predicted molar refractivity (Wildman–Crippen MR) is 67.2 cm³/mol. The van der Waals surface area contributed by atoms with Crippen molar-refractivity contribution in [2.45, 2.75) is 32.2 Å². The number of halogens is 1. The first-order valence-electron chi connectivity index (χ1n) is 5.97. The third-order valence-corrected chi connectivity index (χ3v) is 3.12. The van der Waals surface area contributed by atoms with Crippen LogP contribution in [0.25, 0.3) is 0 Å². The molecule has 0 aliphatic carbocycles. The van der Waals surface area contributed by atoms with Gasteiger partial charge in [0.15, 0.2) is 0 Å². The molecule has 2 nitrogen and oxygen atoms in total. The van der Waals surface area contributed by atoms with Crippen LogP contribution in [0.4, 0.5) is 0 Å². The van der Waals surface area contributed by atoms with Crippen LogP contribution in [-0.2, 0) is 0 Å². The molecule has 1 aliphatic heterocycles. The van der Waals surface area contributed by atoms with Gasteiger partial charge in [0.1, 0.15) is 5.75 Å². The Morgan fingerprint density at radius 2 is 2.38 bits per heavy atom. The molecule has 0 aromatic heterocycles. The smallest absolute Gasteiger partial charge is 0.125 e. The van der Waals surface area contributed by atoms with Gasteiger partial charge >= 0.3 is 0 Å². The topological polar surface area (TPSA) is 21.3 Å². The Kier molecular flexibility index (Phi) is 4.08. The maximum Gasteiger partial charge on any atom is 0.125 e. The molecule has 1 aromatic carbocycles. The minimum atomic E-state index is 0.412. The normalized spacial score (nSPS) is 19.8. The van der Waals surface area contributed by atoms with Gasteiger partial charge in [-0.25, -0.2) is 0 Å². The summed E-state index contributed by atoms with van der Waals surface area (Å²) in [6.45, 7) is 4.02. The second-order valence-electron chi connectivity index (χ2n) is 4.18. The van der Waals surface area contributed by atoms with E-state index in [1.165, 1.54) is 5.56 Å². The van der Waals surface area contributed by atoms with Crippen LogP contribution in [0.3, 0.4) is 0 Å². The van der Waals surface area contributed by atoms with Crippen LogP contribution in [0.2, 0.25) is 5.02 Å². The van der Waals surface area contributed by atoms with Gasteiger partial charge in [-0.1, -0.05) is 24.6 Å². The highest BCUT2D eigenvalue weighted by molar-refractivity contribution is 6.30. The van der Waals surface area contributed by atoms with E-state index >= 15 is 0 Å². The fourth-order valence-electron chi connectivity index (χ4n) is 2.08. The summed E-state index contributed by atoms with van der Waals surface area (Å²) in [7, 11) is 0. The molecule has 3 heteroatoms. The Balaban J connectivity index is 2.22. The quantitative estimate of drug-likeness (QED) is 0.871. The van der Waals surface area contributed by atoms with E-state index in [0.29, 0.717) is 6.04 Å². The van der Waals surface area contributed by atoms with Crippen LogP contribution < -0.4 is 10.1 Å². The lowest BCUT2D eigenvalue weighted by Crippen LogP contribution is -2.21. The Morgan fingerprint density at radius 3 is 3.19 bits per heavy atom. The van der Waals surface area contributed by atoms with Crippen molar-refractivity contribution in [3.8, 4) is 5.75 Å². The third-order valence-electron chi connectivity index (χ3n) is 2.89. The van der Waals surface area contributed by atoms with Gasteiger partial charge < -0.3 is 10.1 Å². The maximum absolute atomic E-state index is 5.98. The zero-order chi connectivity index (χ0) is 11.4. The lowest BCUT2D eigenvalue weighted by molar-refractivity contribution is 0.315. The summed E-state index contributed by atoms with van der Waals surface area (Å²) in [5, 5.41) is 4.31. The van der Waals surface area contributed by atoms with E-state index in [-0.39, 0.29) is 0 Å². The highest BCUT2D eigenvalue weighted by atomic mass is 35.5. The lowest BCUT2D eigenvalue weighted by atomic mass is 10.0. The summed E-state index contributed by atoms with van der Waals surface area (Å²) >= 11 is 5.98. The first kappa shape index (κ1) is 11.7. The van der Waals surface area contributed by atoms with Gasteiger partial charge in [0.25, 0.3) is 0 Å². The molecule has 1 unspecified atom stereocenters. The van der Waals surface area contributed by atoms with Crippen molar-refractivity contribution in [2.75, 3.05) is 13.2 Å². The van der Waals surface area contributed by atoms with Crippen LogP contribution in [0.1, 0.15) is 37.8 Å². The molecule has 1 N–H and O–H groups in total. The summed E-state index contributed by atoms with van der Waals surface area (Å²) in [4.78, 5) is 0. The summed E-state index contributed by atoms with van der Waals surface area (Å²) in [6, 6.07) is 6.35. The number of benzene rings is 1. The molecule has 0 saturated heterocycles. The average molecular weight is 240 g/mol. The van der Waals surface area contributed by atoms with Crippen LogP contribution in [0.15, 0.2) is 18.2 Å². The molecule has 0 amide bonds. The summed E-state index contributed by atoms with van der Waals surface area (Å²) in [6.07, 6.45) is 3.38. The van der Waals surface area contributed by atoms with Crippen molar-refractivity contribution in [1.82, 2.24) is 5.32 Å². The molecular weight excluding hydrogens is 222 g/mol. The number of nitrogens with one attached hydrogen (secondary N) is 1. The average Bonchev–Trinajstić information content (AvgIpc) is 2.48. The zero-order valence-electron chi connectivity index (χ0n) is 9.63. The minimum absolute atomic E-state index is 0.412. The van der Waals surface area contributed by atoms with E-state index in [1.807, 2.05) is 12.1 Å². The molecule has 88 valence electrons. The highest BCUT2D eigenvalue weighted by Crippen LogP contribution is 2.33. The molecule has 0 radical (unpaired) electrons. The van der Waals surface area contributed by atoms with Gasteiger partial charge in [-0.2, -0.15) is 0 Å². The predicted octanol–water partition coefficient (Wildman–Crippen LogP) is 3.55. The highest BCUT2D eigenvalue weighted by Gasteiger charge is 2.18. The number of hydrogen-bond donors (Lipinski definition) is 1. The third kappa shape index (κ3) is 2.69. The molecule has 1 heterocycles. The van der Waals surface area contributed by atoms with E-state index in [9.17, 15) is 0 Å². The fraction of sp³-hybridized carbons (Fsp3) is 0.538. The Hall–Kier alpha value is -0.730. The van der Waals surface area contributed by atoms with Gasteiger partial charge in [0.05, 0.1) is 6.61 Å². The molecular formula is C13H18ClNO. The van der Waals surface area contributed by atoms with E-state index in [4.69, 9.17) is 16.3 Å². The summed E-state index contributed by atoms with van der Waals surface area (Å²) in [5.41, 5.74) is 1.25. The SMILES string of the molecule is CCCNC1CCCOc2cc(Cl)ccc21. The van der Waals surface area contributed by atoms with Crippen molar-refractivity contribution in [3.63, 3.8) is 0 Å². The first-order valence-corrected chi connectivity index (χ1v) is 6.34. The van der Waals surface area contributed by atoms with Crippen LogP contribution in [0, 0.1) is 0 Å². The van der Waals surface area contributed by atoms with Gasteiger partial charge in [-0.15, -0.1) is 0 Å². The van der Waals surface area contributed by atoms with E-state index in [1.54, 1.807) is 0 Å². The minimum Gasteiger partial charge on any atom is -0.493 e. The molecule has 0 fully saturated rings. The van der Waals surface area contributed by atoms with Crippen molar-refractivity contribution in [1.29, 1.82) is 0 Å². The van der Waals surface area contributed by atoms with Crippen molar-refractivity contribution >= 4 is 11.6 Å². The van der Waals surface area contributed by atoms with E-state index in [2.05, 4.69) is 18.3 Å². The molecule has 1 aromatic rings. The largest absolute Gasteiger partial charge is 0.493 e. The number of fused-ring (bicyclic) bond motifs is 1. The summed E-state index contributed by atoms with van der Waals surface area (Å²) in [5.74, 6) is 0.943. The monoisotopic (exact) mass is 239 g/mol. The standard InChI is InChI=1S/C13H18ClNO/c1-2-7-15-12-4-3-8-16-13-9-10(14)5-6-11(12)13/h5-6,9,12,15H,2-4,7-8H2,1H3. The van der Waals surface area contributed by atoms with Crippen LogP contribution in [0.5, 0.6) is 5.75 Å². The maximum atomic E-state index is 5.98. The molecule has 0 saturated carbocycles. The van der Waals surface area contributed by atoms with Crippen LogP contribution >= 0.6 is 11.6 Å². The fourth-order valence-corrected chi connectivity index (χ4v) is 2.24. The van der Waals surface area contributed by atoms with Gasteiger partial charge in [0.2, 0.25) is 0 Å². The number of hydrogen-bond acceptors (Lipinski definition) is 2. The van der Waals surface area contributed by atoms with Gasteiger partial charge in [-0.3, -0.25) is 0 Å². The van der Waals surface area contributed by atoms with Gasteiger partial charge in [0, 0.05) is 16.6 Å². The Bertz CT molecular complexity index is 354. The Morgan fingerprint density at radius 1 is 1.50 bits per heavy atom. The molecule has 2 rings (SSSR count). The van der Waals surface area contributed by atoms with E-state index < -0.39 is 0 Å². The van der Waals surface area contributed by atoms with Gasteiger partial charge in [-0.05, 0) is 37.9 Å². The van der Waals surface area contributed by atoms with Crippen LogP contribution in [-0.4, -0.2) is 13.2 Å². The number of ether oxygens (including phenoxy) is 1. The molecule has 0 bridgehead atoms. The second-order valence-corrected chi connectivity index (χ2v) is 4.62. The summed E-state index contributed by atoms with van der Waals surface area (Å²) < 4.78 is 5.72. The Labute approximate surface area is 102 Å².